The molecule has 0 aliphatic heterocycles. The van der Waals surface area contributed by atoms with Crippen LogP contribution in [0, 0.1) is 21.7 Å². The summed E-state index contributed by atoms with van der Waals surface area (Å²) < 4.78 is 27.4. The average Bonchev–Trinajstić information content (AvgIpc) is 2.72. The molecule has 0 spiro atoms. The molecule has 1 aromatic heterocycles. The van der Waals surface area contributed by atoms with E-state index in [2.05, 4.69) is 10.2 Å². The Hall–Kier alpha value is -2.51. The highest BCUT2D eigenvalue weighted by atomic mass is 19.1. The van der Waals surface area contributed by atoms with Crippen molar-refractivity contribution in [2.75, 3.05) is 5.73 Å². The summed E-state index contributed by atoms with van der Waals surface area (Å²) >= 11 is 0. The van der Waals surface area contributed by atoms with Gasteiger partial charge in [0.2, 0.25) is 5.82 Å². The number of benzene rings is 1. The van der Waals surface area contributed by atoms with Gasteiger partial charge in [-0.2, -0.15) is 9.49 Å². The second-order valence-corrected chi connectivity index (χ2v) is 3.86. The Morgan fingerprint density at radius 3 is 2.74 bits per heavy atom. The highest BCUT2D eigenvalue weighted by Crippen LogP contribution is 2.32. The Kier molecular flexibility index (Phi) is 3.16. The van der Waals surface area contributed by atoms with Gasteiger partial charge in [0, 0.05) is 11.1 Å². The lowest BCUT2D eigenvalue weighted by molar-refractivity contribution is -0.387. The van der Waals surface area contributed by atoms with Gasteiger partial charge < -0.3 is 5.73 Å². The van der Waals surface area contributed by atoms with E-state index in [9.17, 15) is 18.9 Å². The van der Waals surface area contributed by atoms with Crippen molar-refractivity contribution in [2.24, 2.45) is 0 Å². The van der Waals surface area contributed by atoms with Gasteiger partial charge >= 0.3 is 5.69 Å². The number of halogens is 2. The third kappa shape index (κ3) is 2.12. The first kappa shape index (κ1) is 12.9. The van der Waals surface area contributed by atoms with Gasteiger partial charge in [0.05, 0.1) is 16.7 Å². The van der Waals surface area contributed by atoms with Gasteiger partial charge in [-0.05, 0) is 12.5 Å². The number of nitro benzene ring substituents is 1. The zero-order chi connectivity index (χ0) is 14.2. The van der Waals surface area contributed by atoms with Crippen molar-refractivity contribution in [2.45, 2.75) is 13.3 Å². The molecule has 0 bridgehead atoms. The van der Waals surface area contributed by atoms with Crippen LogP contribution in [0.15, 0.2) is 12.1 Å². The summed E-state index contributed by atoms with van der Waals surface area (Å²) in [6.45, 7) is 1.76. The molecule has 0 unspecified atom stereocenters. The number of H-pyrrole nitrogens is 1. The van der Waals surface area contributed by atoms with Gasteiger partial charge in [-0.15, -0.1) is 0 Å². The Balaban J connectivity index is 2.72. The van der Waals surface area contributed by atoms with Gasteiger partial charge in [-0.1, -0.05) is 6.92 Å². The smallest absolute Gasteiger partial charge is 0.308 e. The van der Waals surface area contributed by atoms with Crippen LogP contribution in [0.2, 0.25) is 0 Å². The molecule has 0 radical (unpaired) electrons. The van der Waals surface area contributed by atoms with Crippen LogP contribution in [0.25, 0.3) is 11.3 Å². The number of nitrogens with two attached hydrogens (primary N) is 1. The number of nitrogen functional groups attached to an aromatic ring is 1. The topological polar surface area (TPSA) is 97.8 Å². The molecule has 0 saturated heterocycles. The SMILES string of the molecule is CCc1c(N)n[nH]c1-c1cc(F)cc([N+](=O)[O-])c1F. The van der Waals surface area contributed by atoms with Crippen LogP contribution < -0.4 is 5.73 Å². The third-order valence-electron chi connectivity index (χ3n) is 2.74. The predicted octanol–water partition coefficient (Wildman–Crippen LogP) is 2.41. The van der Waals surface area contributed by atoms with Crippen molar-refractivity contribution in [1.29, 1.82) is 0 Å². The number of hydrogen-bond acceptors (Lipinski definition) is 4. The van der Waals surface area contributed by atoms with Crippen molar-refractivity contribution in [3.05, 3.63) is 39.4 Å². The van der Waals surface area contributed by atoms with Gasteiger partial charge in [0.15, 0.2) is 0 Å². The summed E-state index contributed by atoms with van der Waals surface area (Å²) in [5.41, 5.74) is 5.04. The molecule has 0 fully saturated rings. The standard InChI is InChI=1S/C11H10F2N4O2/c1-2-6-10(15-16-11(6)14)7-3-5(12)4-8(9(7)13)17(18)19/h3-4H,2H2,1H3,(H3,14,15,16). The molecule has 2 aromatic rings. The first-order chi connectivity index (χ1) is 8.95. The van der Waals surface area contributed by atoms with Crippen molar-refractivity contribution in [1.82, 2.24) is 10.2 Å². The van der Waals surface area contributed by atoms with Crippen LogP contribution in [-0.4, -0.2) is 15.1 Å². The number of aromatic nitrogens is 2. The molecule has 19 heavy (non-hydrogen) atoms. The number of anilines is 1. The average molecular weight is 268 g/mol. The van der Waals surface area contributed by atoms with Crippen molar-refractivity contribution >= 4 is 11.5 Å². The van der Waals surface area contributed by atoms with Crippen LogP contribution in [0.4, 0.5) is 20.3 Å². The molecule has 0 aliphatic rings. The zero-order valence-corrected chi connectivity index (χ0v) is 9.91. The molecular formula is C11H10F2N4O2. The van der Waals surface area contributed by atoms with E-state index >= 15 is 0 Å². The maximum absolute atomic E-state index is 14.0. The zero-order valence-electron chi connectivity index (χ0n) is 9.91. The highest BCUT2D eigenvalue weighted by Gasteiger charge is 2.24. The summed E-state index contributed by atoms with van der Waals surface area (Å²) in [6.07, 6.45) is 0.432. The Bertz CT molecular complexity index is 654. The molecule has 0 aliphatic carbocycles. The van der Waals surface area contributed by atoms with Gasteiger partial charge in [0.25, 0.3) is 0 Å². The summed E-state index contributed by atoms with van der Waals surface area (Å²) in [5.74, 6) is -1.87. The molecule has 100 valence electrons. The first-order valence-electron chi connectivity index (χ1n) is 5.42. The molecule has 8 heteroatoms. The molecule has 0 saturated carbocycles. The molecule has 0 amide bonds. The highest BCUT2D eigenvalue weighted by molar-refractivity contribution is 5.70. The Labute approximate surface area is 106 Å². The van der Waals surface area contributed by atoms with E-state index in [4.69, 9.17) is 5.73 Å². The summed E-state index contributed by atoms with van der Waals surface area (Å²) in [4.78, 5) is 9.69. The molecule has 1 heterocycles. The summed E-state index contributed by atoms with van der Waals surface area (Å²) in [5, 5.41) is 16.8. The maximum Gasteiger partial charge on any atom is 0.308 e. The van der Waals surface area contributed by atoms with Crippen molar-refractivity contribution in [3.8, 4) is 11.3 Å². The van der Waals surface area contributed by atoms with Gasteiger partial charge in [0.1, 0.15) is 11.6 Å². The van der Waals surface area contributed by atoms with E-state index in [0.29, 0.717) is 18.1 Å². The maximum atomic E-state index is 14.0. The first-order valence-corrected chi connectivity index (χ1v) is 5.42. The molecule has 0 atom stereocenters. The number of hydrogen-bond donors (Lipinski definition) is 2. The Morgan fingerprint density at radius 1 is 1.47 bits per heavy atom. The van der Waals surface area contributed by atoms with Crippen LogP contribution >= 0.6 is 0 Å². The number of rotatable bonds is 3. The molecule has 6 nitrogen and oxygen atoms in total. The molecular weight excluding hydrogens is 258 g/mol. The summed E-state index contributed by atoms with van der Waals surface area (Å²) in [7, 11) is 0. The Morgan fingerprint density at radius 2 is 2.16 bits per heavy atom. The number of aromatic amines is 1. The van der Waals surface area contributed by atoms with Crippen LogP contribution in [0.1, 0.15) is 12.5 Å². The normalized spacial score (nSPS) is 10.7. The predicted molar refractivity (Wildman–Crippen MR) is 64.4 cm³/mol. The van der Waals surface area contributed by atoms with Crippen LogP contribution in [-0.2, 0) is 6.42 Å². The second kappa shape index (κ2) is 4.63. The van der Waals surface area contributed by atoms with E-state index in [0.717, 1.165) is 6.07 Å². The number of nitrogens with one attached hydrogen (secondary N) is 1. The number of nitrogens with zero attached hydrogens (tertiary/aromatic N) is 2. The van der Waals surface area contributed by atoms with Crippen LogP contribution in [0.5, 0.6) is 0 Å². The lowest BCUT2D eigenvalue weighted by Crippen LogP contribution is -1.98. The minimum Gasteiger partial charge on any atom is -0.382 e. The van der Waals surface area contributed by atoms with Crippen molar-refractivity contribution in [3.63, 3.8) is 0 Å². The van der Waals surface area contributed by atoms with Gasteiger partial charge in [-0.3, -0.25) is 15.2 Å². The monoisotopic (exact) mass is 268 g/mol. The van der Waals surface area contributed by atoms with Crippen LogP contribution in [0.3, 0.4) is 0 Å². The molecule has 2 rings (SSSR count). The quantitative estimate of drug-likeness (QED) is 0.659. The molecule has 3 N–H and O–H groups in total. The fourth-order valence-corrected chi connectivity index (χ4v) is 1.85. The lowest BCUT2D eigenvalue weighted by atomic mass is 10.0. The van der Waals surface area contributed by atoms with E-state index in [-0.39, 0.29) is 17.1 Å². The van der Waals surface area contributed by atoms with E-state index in [1.807, 2.05) is 0 Å². The lowest BCUT2D eigenvalue weighted by Gasteiger charge is -2.04. The second-order valence-electron chi connectivity index (χ2n) is 3.86. The molecule has 1 aromatic carbocycles. The summed E-state index contributed by atoms with van der Waals surface area (Å²) in [6, 6.07) is 1.40. The minimum atomic E-state index is -1.12. The largest absolute Gasteiger partial charge is 0.382 e. The fraction of sp³-hybridized carbons (Fsp3) is 0.182. The third-order valence-corrected chi connectivity index (χ3v) is 2.74. The van der Waals surface area contributed by atoms with Crippen molar-refractivity contribution < 1.29 is 13.7 Å². The van der Waals surface area contributed by atoms with E-state index < -0.39 is 22.2 Å². The van der Waals surface area contributed by atoms with E-state index in [1.54, 1.807) is 6.92 Å². The number of nitro groups is 1. The minimum absolute atomic E-state index is 0.153. The van der Waals surface area contributed by atoms with Gasteiger partial charge in [-0.25, -0.2) is 4.39 Å². The van der Waals surface area contributed by atoms with E-state index in [1.165, 1.54) is 0 Å². The fourth-order valence-electron chi connectivity index (χ4n) is 1.85.